The van der Waals surface area contributed by atoms with E-state index in [1.54, 1.807) is 17.0 Å². The van der Waals surface area contributed by atoms with E-state index in [4.69, 9.17) is 0 Å². The Morgan fingerprint density at radius 3 is 2.50 bits per heavy atom. The van der Waals surface area contributed by atoms with Crippen LogP contribution in [-0.4, -0.2) is 40.9 Å². The molecule has 1 N–H and O–H groups in total. The van der Waals surface area contributed by atoms with E-state index in [9.17, 15) is 14.7 Å². The largest absolute Gasteiger partial charge is 0.391 e. The number of hydrogen-bond acceptors (Lipinski definition) is 3. The van der Waals surface area contributed by atoms with Gasteiger partial charge in [-0.2, -0.15) is 0 Å². The maximum Gasteiger partial charge on any atom is 0.253 e. The van der Waals surface area contributed by atoms with Crippen molar-refractivity contribution in [2.24, 2.45) is 0 Å². The number of ketones is 1. The zero-order chi connectivity index (χ0) is 15.3. The number of aliphatic hydroxyl groups is 1. The zero-order valence-electron chi connectivity index (χ0n) is 12.0. The lowest BCUT2D eigenvalue weighted by molar-refractivity contribution is 0.0765. The normalized spacial score (nSPS) is 19.2. The molecule has 1 atom stereocenters. The Kier molecular flexibility index (Phi) is 2.87. The fourth-order valence-corrected chi connectivity index (χ4v) is 3.27. The van der Waals surface area contributed by atoms with E-state index >= 15 is 0 Å². The van der Waals surface area contributed by atoms with Gasteiger partial charge in [0.1, 0.15) is 0 Å². The van der Waals surface area contributed by atoms with E-state index in [2.05, 4.69) is 0 Å². The van der Waals surface area contributed by atoms with Crippen LogP contribution in [0, 0.1) is 0 Å². The van der Waals surface area contributed by atoms with Crippen LogP contribution in [0.15, 0.2) is 42.5 Å². The number of carbonyl (C=O) groups is 2. The van der Waals surface area contributed by atoms with E-state index in [0.717, 1.165) is 11.1 Å². The lowest BCUT2D eigenvalue weighted by Gasteiger charge is -2.16. The topological polar surface area (TPSA) is 57.6 Å². The molecular formula is C18H15NO3. The number of β-amino-alcohol motifs (C(OH)–C–C–N with tert-alkyl or cyclic N) is 1. The monoisotopic (exact) mass is 293 g/mol. The number of aliphatic hydroxyl groups excluding tert-OH is 1. The molecule has 110 valence electrons. The molecule has 0 aromatic heterocycles. The third kappa shape index (κ3) is 1.88. The minimum absolute atomic E-state index is 0.0262. The summed E-state index contributed by atoms with van der Waals surface area (Å²) in [7, 11) is 0. The molecule has 0 unspecified atom stereocenters. The summed E-state index contributed by atoms with van der Waals surface area (Å²) in [6, 6.07) is 12.8. The highest BCUT2D eigenvalue weighted by Crippen LogP contribution is 2.36. The van der Waals surface area contributed by atoms with E-state index in [-0.39, 0.29) is 11.7 Å². The highest BCUT2D eigenvalue weighted by Gasteiger charge is 2.29. The van der Waals surface area contributed by atoms with Gasteiger partial charge in [-0.1, -0.05) is 30.3 Å². The van der Waals surface area contributed by atoms with Crippen molar-refractivity contribution >= 4 is 11.7 Å². The molecule has 0 saturated carbocycles. The summed E-state index contributed by atoms with van der Waals surface area (Å²) in [6.45, 7) is 0.926. The Balaban J connectivity index is 1.72. The molecule has 2 aromatic rings. The van der Waals surface area contributed by atoms with Gasteiger partial charge in [0.2, 0.25) is 0 Å². The molecule has 2 aliphatic rings. The first kappa shape index (κ1) is 13.2. The molecule has 1 heterocycles. The average Bonchev–Trinajstić information content (AvgIpc) is 3.10. The minimum Gasteiger partial charge on any atom is -0.391 e. The third-order valence-corrected chi connectivity index (χ3v) is 4.42. The fourth-order valence-electron chi connectivity index (χ4n) is 3.27. The predicted molar refractivity (Wildman–Crippen MR) is 81.8 cm³/mol. The summed E-state index contributed by atoms with van der Waals surface area (Å²) in [5.74, 6) is -0.148. The van der Waals surface area contributed by atoms with Crippen molar-refractivity contribution in [1.82, 2.24) is 4.90 Å². The van der Waals surface area contributed by atoms with Gasteiger partial charge in [-0.25, -0.2) is 0 Å². The number of likely N-dealkylation sites (tertiary alicyclic amines) is 1. The van der Waals surface area contributed by atoms with Crippen LogP contribution in [0.1, 0.15) is 32.7 Å². The van der Waals surface area contributed by atoms with E-state index in [1.165, 1.54) is 0 Å². The van der Waals surface area contributed by atoms with E-state index in [0.29, 0.717) is 36.2 Å². The molecule has 0 radical (unpaired) electrons. The summed E-state index contributed by atoms with van der Waals surface area (Å²) in [4.78, 5) is 26.6. The van der Waals surface area contributed by atoms with Gasteiger partial charge in [0.05, 0.1) is 6.10 Å². The van der Waals surface area contributed by atoms with E-state index < -0.39 is 6.10 Å². The molecule has 4 nitrogen and oxygen atoms in total. The van der Waals surface area contributed by atoms with Crippen molar-refractivity contribution in [3.05, 3.63) is 59.2 Å². The minimum atomic E-state index is -0.440. The zero-order valence-corrected chi connectivity index (χ0v) is 12.0. The van der Waals surface area contributed by atoms with Crippen molar-refractivity contribution in [2.45, 2.75) is 12.5 Å². The number of amides is 1. The Morgan fingerprint density at radius 1 is 1.05 bits per heavy atom. The van der Waals surface area contributed by atoms with Crippen LogP contribution in [0.5, 0.6) is 0 Å². The summed E-state index contributed by atoms with van der Waals surface area (Å²) in [5, 5.41) is 9.56. The summed E-state index contributed by atoms with van der Waals surface area (Å²) >= 11 is 0. The Morgan fingerprint density at radius 2 is 1.77 bits per heavy atom. The number of fused-ring (bicyclic) bond motifs is 3. The number of carbonyl (C=O) groups excluding carboxylic acids is 2. The Hall–Kier alpha value is -2.46. The van der Waals surface area contributed by atoms with Gasteiger partial charge in [-0.15, -0.1) is 0 Å². The maximum absolute atomic E-state index is 12.5. The molecule has 0 spiro atoms. The van der Waals surface area contributed by atoms with Crippen molar-refractivity contribution in [2.75, 3.05) is 13.1 Å². The summed E-state index contributed by atoms with van der Waals surface area (Å²) in [6.07, 6.45) is 0.172. The molecule has 0 bridgehead atoms. The highest BCUT2D eigenvalue weighted by molar-refractivity contribution is 6.22. The molecular weight excluding hydrogens is 278 g/mol. The molecule has 1 fully saturated rings. The molecule has 4 heteroatoms. The average molecular weight is 293 g/mol. The summed E-state index contributed by atoms with van der Waals surface area (Å²) < 4.78 is 0. The third-order valence-electron chi connectivity index (χ3n) is 4.42. The number of benzene rings is 2. The van der Waals surface area contributed by atoms with Crippen molar-refractivity contribution < 1.29 is 14.7 Å². The second-order valence-corrected chi connectivity index (χ2v) is 5.83. The number of nitrogens with zero attached hydrogens (tertiary/aromatic N) is 1. The van der Waals surface area contributed by atoms with Crippen LogP contribution in [0.2, 0.25) is 0 Å². The Labute approximate surface area is 128 Å². The van der Waals surface area contributed by atoms with Gasteiger partial charge in [0.15, 0.2) is 5.78 Å². The van der Waals surface area contributed by atoms with Gasteiger partial charge < -0.3 is 10.0 Å². The van der Waals surface area contributed by atoms with E-state index in [1.807, 2.05) is 30.3 Å². The molecule has 1 aliphatic carbocycles. The molecule has 2 aromatic carbocycles. The van der Waals surface area contributed by atoms with Crippen LogP contribution >= 0.6 is 0 Å². The van der Waals surface area contributed by atoms with Gasteiger partial charge in [-0.05, 0) is 29.7 Å². The molecule has 1 saturated heterocycles. The number of hydrogen-bond donors (Lipinski definition) is 1. The second-order valence-electron chi connectivity index (χ2n) is 5.83. The van der Waals surface area contributed by atoms with Crippen LogP contribution < -0.4 is 0 Å². The standard InChI is InChI=1S/C18H15NO3/c20-12-7-8-19(10-12)18(22)11-5-6-14-13-3-1-2-4-15(13)17(21)16(14)9-11/h1-6,9,12,20H,7-8,10H2/t12-/m1/s1. The first-order valence-electron chi connectivity index (χ1n) is 7.40. The lowest BCUT2D eigenvalue weighted by atomic mass is 10.0. The highest BCUT2D eigenvalue weighted by atomic mass is 16.3. The van der Waals surface area contributed by atoms with Crippen LogP contribution in [-0.2, 0) is 0 Å². The summed E-state index contributed by atoms with van der Waals surface area (Å²) in [5.41, 5.74) is 3.61. The van der Waals surface area contributed by atoms with Gasteiger partial charge in [-0.3, -0.25) is 9.59 Å². The van der Waals surface area contributed by atoms with Crippen LogP contribution in [0.3, 0.4) is 0 Å². The predicted octanol–water partition coefficient (Wildman–Crippen LogP) is 2.10. The smallest absolute Gasteiger partial charge is 0.253 e. The quantitative estimate of drug-likeness (QED) is 0.747. The van der Waals surface area contributed by atoms with Crippen molar-refractivity contribution in [3.8, 4) is 11.1 Å². The maximum atomic E-state index is 12.5. The first-order chi connectivity index (χ1) is 10.6. The second kappa shape index (κ2) is 4.78. The SMILES string of the molecule is O=C1c2ccccc2-c2ccc(C(=O)N3CC[C@@H](O)C3)cc21. The lowest BCUT2D eigenvalue weighted by Crippen LogP contribution is -2.29. The van der Waals surface area contributed by atoms with Crippen molar-refractivity contribution in [1.29, 1.82) is 0 Å². The number of rotatable bonds is 1. The van der Waals surface area contributed by atoms with Gasteiger partial charge in [0, 0.05) is 29.8 Å². The van der Waals surface area contributed by atoms with Crippen molar-refractivity contribution in [3.63, 3.8) is 0 Å². The Bertz CT molecular complexity index is 797. The molecule has 22 heavy (non-hydrogen) atoms. The fraction of sp³-hybridized carbons (Fsp3) is 0.222. The molecule has 4 rings (SSSR count). The van der Waals surface area contributed by atoms with Crippen LogP contribution in [0.25, 0.3) is 11.1 Å². The molecule has 1 aliphatic heterocycles. The first-order valence-corrected chi connectivity index (χ1v) is 7.40. The van der Waals surface area contributed by atoms with Gasteiger partial charge in [0.25, 0.3) is 5.91 Å². The van der Waals surface area contributed by atoms with Gasteiger partial charge >= 0.3 is 0 Å². The molecule has 1 amide bonds. The van der Waals surface area contributed by atoms with Crippen LogP contribution in [0.4, 0.5) is 0 Å².